The predicted molar refractivity (Wildman–Crippen MR) is 80.4 cm³/mol. The highest BCUT2D eigenvalue weighted by molar-refractivity contribution is 7.98. The zero-order valence-corrected chi connectivity index (χ0v) is 12.5. The molecule has 0 saturated carbocycles. The molecule has 2 rings (SSSR count). The van der Waals surface area contributed by atoms with Crippen LogP contribution in [0.15, 0.2) is 18.2 Å². The van der Waals surface area contributed by atoms with E-state index in [0.717, 1.165) is 5.56 Å². The maximum Gasteiger partial charge on any atom is 0.326 e. The van der Waals surface area contributed by atoms with Gasteiger partial charge in [0.2, 0.25) is 0 Å². The second kappa shape index (κ2) is 6.80. The first kappa shape index (κ1) is 15.6. The maximum atomic E-state index is 13.3. The topological polar surface area (TPSA) is 69.6 Å². The number of fused-ring (bicyclic) bond motifs is 1. The van der Waals surface area contributed by atoms with Crippen molar-refractivity contribution in [3.8, 4) is 0 Å². The SMILES string of the molecule is CSCC[C@H](NC(=O)N1CCc2ccc(F)cc21)C(=O)O. The number of carbonyl (C=O) groups excluding carboxylic acids is 1. The van der Waals surface area contributed by atoms with Crippen molar-refractivity contribution in [3.63, 3.8) is 0 Å². The molecule has 5 nitrogen and oxygen atoms in total. The van der Waals surface area contributed by atoms with Crippen LogP contribution in [0, 0.1) is 5.82 Å². The van der Waals surface area contributed by atoms with Crippen molar-refractivity contribution in [1.29, 1.82) is 0 Å². The van der Waals surface area contributed by atoms with Crippen LogP contribution < -0.4 is 10.2 Å². The molecule has 0 fully saturated rings. The van der Waals surface area contributed by atoms with Crippen LogP contribution in [-0.4, -0.2) is 41.7 Å². The summed E-state index contributed by atoms with van der Waals surface area (Å²) in [5.74, 6) is -0.829. The van der Waals surface area contributed by atoms with Gasteiger partial charge in [-0.2, -0.15) is 11.8 Å². The molecule has 0 spiro atoms. The molecule has 0 unspecified atom stereocenters. The van der Waals surface area contributed by atoms with Crippen molar-refractivity contribution in [3.05, 3.63) is 29.6 Å². The zero-order chi connectivity index (χ0) is 15.4. The fourth-order valence-electron chi connectivity index (χ4n) is 2.28. The van der Waals surface area contributed by atoms with E-state index >= 15 is 0 Å². The lowest BCUT2D eigenvalue weighted by Gasteiger charge is -2.21. The van der Waals surface area contributed by atoms with Gasteiger partial charge < -0.3 is 10.4 Å². The fraction of sp³-hybridized carbons (Fsp3) is 0.429. The van der Waals surface area contributed by atoms with Crippen LogP contribution in [0.2, 0.25) is 0 Å². The number of rotatable bonds is 5. The highest BCUT2D eigenvalue weighted by Crippen LogP contribution is 2.28. The van der Waals surface area contributed by atoms with Crippen LogP contribution >= 0.6 is 11.8 Å². The summed E-state index contributed by atoms with van der Waals surface area (Å²) >= 11 is 1.52. The first-order valence-corrected chi connectivity index (χ1v) is 8.00. The zero-order valence-electron chi connectivity index (χ0n) is 11.6. The number of hydrogen-bond donors (Lipinski definition) is 2. The molecule has 114 valence electrons. The Kier molecular flexibility index (Phi) is 5.06. The van der Waals surface area contributed by atoms with Gasteiger partial charge in [0.25, 0.3) is 0 Å². The average molecular weight is 312 g/mol. The lowest BCUT2D eigenvalue weighted by Crippen LogP contribution is -2.47. The lowest BCUT2D eigenvalue weighted by atomic mass is 10.2. The summed E-state index contributed by atoms with van der Waals surface area (Å²) in [6.07, 6.45) is 2.87. The van der Waals surface area contributed by atoms with Crippen LogP contribution in [0.5, 0.6) is 0 Å². The van der Waals surface area contributed by atoms with E-state index in [2.05, 4.69) is 5.32 Å². The molecule has 1 aliphatic rings. The number of halogens is 1. The summed E-state index contributed by atoms with van der Waals surface area (Å²) in [5.41, 5.74) is 1.41. The predicted octanol–water partition coefficient (Wildman–Crippen LogP) is 2.10. The number of urea groups is 1. The molecule has 0 saturated heterocycles. The molecule has 1 atom stereocenters. The van der Waals surface area contributed by atoms with Gasteiger partial charge in [-0.3, -0.25) is 4.90 Å². The maximum absolute atomic E-state index is 13.3. The molecule has 2 N–H and O–H groups in total. The molecule has 2 amide bonds. The van der Waals surface area contributed by atoms with E-state index in [1.807, 2.05) is 6.26 Å². The van der Waals surface area contributed by atoms with Gasteiger partial charge in [-0.15, -0.1) is 0 Å². The molecule has 0 aliphatic carbocycles. The molecule has 7 heteroatoms. The van der Waals surface area contributed by atoms with E-state index in [-0.39, 0.29) is 0 Å². The standard InChI is InChI=1S/C14H17FN2O3S/c1-21-7-5-11(13(18)19)16-14(20)17-6-4-9-2-3-10(15)8-12(9)17/h2-3,8,11H,4-7H2,1H3,(H,16,20)(H,18,19)/t11-/m0/s1. The molecule has 0 bridgehead atoms. The summed E-state index contributed by atoms with van der Waals surface area (Å²) in [6.45, 7) is 0.430. The quantitative estimate of drug-likeness (QED) is 0.873. The van der Waals surface area contributed by atoms with E-state index in [4.69, 9.17) is 5.11 Å². The Bertz CT molecular complexity index is 553. The van der Waals surface area contributed by atoms with Crippen LogP contribution in [0.25, 0.3) is 0 Å². The van der Waals surface area contributed by atoms with Crippen LogP contribution in [0.4, 0.5) is 14.9 Å². The summed E-state index contributed by atoms with van der Waals surface area (Å²) in [5, 5.41) is 11.6. The molecule has 0 radical (unpaired) electrons. The van der Waals surface area contributed by atoms with Crippen molar-refractivity contribution >= 4 is 29.4 Å². The first-order chi connectivity index (χ1) is 10.0. The Morgan fingerprint density at radius 3 is 2.95 bits per heavy atom. The summed E-state index contributed by atoms with van der Waals surface area (Å²) in [6, 6.07) is 2.90. The third-order valence-corrected chi connectivity index (χ3v) is 4.04. The van der Waals surface area contributed by atoms with E-state index in [1.165, 1.54) is 28.8 Å². The van der Waals surface area contributed by atoms with Gasteiger partial charge in [0.05, 0.1) is 5.69 Å². The number of thioether (sulfide) groups is 1. The Morgan fingerprint density at radius 1 is 1.52 bits per heavy atom. The summed E-state index contributed by atoms with van der Waals surface area (Å²) in [4.78, 5) is 24.8. The number of carboxylic acids is 1. The van der Waals surface area contributed by atoms with Crippen LogP contribution in [0.1, 0.15) is 12.0 Å². The summed E-state index contributed by atoms with van der Waals surface area (Å²) in [7, 11) is 0. The Morgan fingerprint density at radius 2 is 2.29 bits per heavy atom. The third-order valence-electron chi connectivity index (χ3n) is 3.39. The number of anilines is 1. The monoisotopic (exact) mass is 312 g/mol. The van der Waals surface area contributed by atoms with Crippen molar-refractivity contribution in [2.24, 2.45) is 0 Å². The van der Waals surface area contributed by atoms with Gasteiger partial charge in [0.15, 0.2) is 0 Å². The number of carbonyl (C=O) groups is 2. The Balaban J connectivity index is 2.08. The molecule has 1 aromatic rings. The Hall–Kier alpha value is -1.76. The summed E-state index contributed by atoms with van der Waals surface area (Å²) < 4.78 is 13.3. The van der Waals surface area contributed by atoms with Crippen molar-refractivity contribution in [1.82, 2.24) is 5.32 Å². The van der Waals surface area contributed by atoms with Gasteiger partial charge in [0, 0.05) is 6.54 Å². The molecule has 1 aromatic carbocycles. The minimum absolute atomic E-state index is 0.353. The number of hydrogen-bond acceptors (Lipinski definition) is 3. The highest BCUT2D eigenvalue weighted by atomic mass is 32.2. The van der Waals surface area contributed by atoms with Gasteiger partial charge in [0.1, 0.15) is 11.9 Å². The van der Waals surface area contributed by atoms with Crippen molar-refractivity contribution in [2.75, 3.05) is 23.5 Å². The molecular weight excluding hydrogens is 295 g/mol. The number of nitrogens with one attached hydrogen (secondary N) is 1. The first-order valence-electron chi connectivity index (χ1n) is 6.61. The fourth-order valence-corrected chi connectivity index (χ4v) is 2.75. The largest absolute Gasteiger partial charge is 0.480 e. The van der Waals surface area contributed by atoms with Gasteiger partial charge in [-0.05, 0) is 42.5 Å². The van der Waals surface area contributed by atoms with Crippen LogP contribution in [0.3, 0.4) is 0 Å². The van der Waals surface area contributed by atoms with Gasteiger partial charge >= 0.3 is 12.0 Å². The smallest absolute Gasteiger partial charge is 0.326 e. The Labute approximate surface area is 126 Å². The molecular formula is C14H17FN2O3S. The number of aliphatic carboxylic acids is 1. The number of amides is 2. The van der Waals surface area contributed by atoms with E-state index in [9.17, 15) is 14.0 Å². The van der Waals surface area contributed by atoms with Crippen molar-refractivity contribution < 1.29 is 19.1 Å². The highest BCUT2D eigenvalue weighted by Gasteiger charge is 2.28. The molecule has 1 heterocycles. The normalized spacial score (nSPS) is 14.7. The van der Waals surface area contributed by atoms with E-state index in [1.54, 1.807) is 6.07 Å². The van der Waals surface area contributed by atoms with E-state index in [0.29, 0.717) is 30.8 Å². The molecule has 1 aliphatic heterocycles. The minimum Gasteiger partial charge on any atom is -0.480 e. The average Bonchev–Trinajstić information content (AvgIpc) is 2.85. The van der Waals surface area contributed by atoms with Crippen LogP contribution in [-0.2, 0) is 11.2 Å². The van der Waals surface area contributed by atoms with Crippen molar-refractivity contribution in [2.45, 2.75) is 18.9 Å². The number of benzene rings is 1. The van der Waals surface area contributed by atoms with Gasteiger partial charge in [-0.25, -0.2) is 14.0 Å². The molecule has 0 aromatic heterocycles. The number of nitrogens with zero attached hydrogens (tertiary/aromatic N) is 1. The second-order valence-electron chi connectivity index (χ2n) is 4.80. The molecule has 21 heavy (non-hydrogen) atoms. The third kappa shape index (κ3) is 3.66. The second-order valence-corrected chi connectivity index (χ2v) is 5.78. The number of carboxylic acid groups (broad SMARTS) is 1. The lowest BCUT2D eigenvalue weighted by molar-refractivity contribution is -0.139. The minimum atomic E-state index is -1.06. The van der Waals surface area contributed by atoms with E-state index < -0.39 is 23.9 Å². The van der Waals surface area contributed by atoms with Gasteiger partial charge in [-0.1, -0.05) is 6.07 Å².